The number of aromatic nitrogens is 1. The Kier molecular flexibility index (Phi) is 3.12. The highest BCUT2D eigenvalue weighted by atomic mass is 16.5. The molecule has 2 amide bonds. The maximum atomic E-state index is 11.8. The minimum Gasteiger partial charge on any atom is -0.361 e. The molecule has 6 nitrogen and oxygen atoms in total. The van der Waals surface area contributed by atoms with Crippen molar-refractivity contribution in [2.75, 3.05) is 6.54 Å². The van der Waals surface area contributed by atoms with Gasteiger partial charge in [-0.25, -0.2) is 0 Å². The van der Waals surface area contributed by atoms with Crippen molar-refractivity contribution in [3.05, 3.63) is 17.5 Å². The number of rotatable bonds is 3. The highest BCUT2D eigenvalue weighted by molar-refractivity contribution is 5.94. The van der Waals surface area contributed by atoms with Crippen molar-refractivity contribution in [3.63, 3.8) is 0 Å². The third-order valence-corrected chi connectivity index (χ3v) is 2.81. The monoisotopic (exact) mass is 237 g/mol. The second kappa shape index (κ2) is 4.57. The predicted octanol–water partition coefficient (Wildman–Crippen LogP) is 0.220. The topological polar surface area (TPSA) is 75.4 Å². The second-order valence-corrected chi connectivity index (χ2v) is 4.09. The van der Waals surface area contributed by atoms with Crippen LogP contribution in [0.4, 0.5) is 0 Å². The van der Waals surface area contributed by atoms with Gasteiger partial charge in [-0.15, -0.1) is 0 Å². The molecule has 1 aliphatic rings. The molecule has 2 rings (SSSR count). The van der Waals surface area contributed by atoms with E-state index in [9.17, 15) is 9.59 Å². The minimum absolute atomic E-state index is 0.0617. The number of hydrogen-bond donors (Lipinski definition) is 1. The van der Waals surface area contributed by atoms with Crippen LogP contribution in [0.5, 0.6) is 0 Å². The molecule has 2 heterocycles. The summed E-state index contributed by atoms with van der Waals surface area (Å²) in [6.45, 7) is 4.05. The van der Waals surface area contributed by atoms with E-state index < -0.39 is 6.04 Å². The van der Waals surface area contributed by atoms with Gasteiger partial charge in [-0.3, -0.25) is 9.59 Å². The molecule has 0 saturated carbocycles. The van der Waals surface area contributed by atoms with Gasteiger partial charge in [0.1, 0.15) is 17.5 Å². The van der Waals surface area contributed by atoms with Gasteiger partial charge < -0.3 is 14.7 Å². The zero-order valence-corrected chi connectivity index (χ0v) is 9.90. The molecule has 1 unspecified atom stereocenters. The molecule has 0 radical (unpaired) electrons. The quantitative estimate of drug-likeness (QED) is 0.816. The molecule has 1 aliphatic heterocycles. The van der Waals surface area contributed by atoms with Crippen molar-refractivity contribution in [3.8, 4) is 0 Å². The molecule has 1 aromatic heterocycles. The van der Waals surface area contributed by atoms with Crippen LogP contribution < -0.4 is 5.32 Å². The van der Waals surface area contributed by atoms with E-state index in [2.05, 4.69) is 10.5 Å². The number of piperazine rings is 1. The minimum atomic E-state index is -0.409. The largest absolute Gasteiger partial charge is 0.361 e. The van der Waals surface area contributed by atoms with Crippen LogP contribution in [-0.2, 0) is 16.1 Å². The summed E-state index contributed by atoms with van der Waals surface area (Å²) in [6, 6.07) is 1.36. The second-order valence-electron chi connectivity index (χ2n) is 4.09. The van der Waals surface area contributed by atoms with Gasteiger partial charge in [0, 0.05) is 6.07 Å². The molecular weight excluding hydrogens is 222 g/mol. The lowest BCUT2D eigenvalue weighted by atomic mass is 10.1. The normalized spacial score (nSPS) is 20.6. The maximum absolute atomic E-state index is 11.8. The van der Waals surface area contributed by atoms with Crippen molar-refractivity contribution in [2.24, 2.45) is 0 Å². The van der Waals surface area contributed by atoms with Crippen LogP contribution in [0, 0.1) is 6.92 Å². The van der Waals surface area contributed by atoms with Gasteiger partial charge >= 0.3 is 0 Å². The van der Waals surface area contributed by atoms with Gasteiger partial charge in [-0.2, -0.15) is 0 Å². The summed E-state index contributed by atoms with van der Waals surface area (Å²) >= 11 is 0. The highest BCUT2D eigenvalue weighted by Crippen LogP contribution is 2.14. The van der Waals surface area contributed by atoms with Gasteiger partial charge in [0.25, 0.3) is 0 Å². The average Bonchev–Trinajstić information content (AvgIpc) is 2.70. The van der Waals surface area contributed by atoms with Gasteiger partial charge in [-0.1, -0.05) is 12.1 Å². The molecule has 6 heteroatoms. The number of nitrogens with zero attached hydrogens (tertiary/aromatic N) is 2. The van der Waals surface area contributed by atoms with Crippen LogP contribution in [0.3, 0.4) is 0 Å². The van der Waals surface area contributed by atoms with E-state index in [4.69, 9.17) is 4.52 Å². The zero-order chi connectivity index (χ0) is 12.4. The lowest BCUT2D eigenvalue weighted by molar-refractivity contribution is -0.146. The van der Waals surface area contributed by atoms with Crippen LogP contribution in [0.2, 0.25) is 0 Å². The standard InChI is InChI=1S/C11H15N3O3/c1-3-9-11(16)12-5-10(15)14(9)6-8-4-7(2)17-13-8/h4,9H,3,5-6H2,1-2H3,(H,12,16). The zero-order valence-electron chi connectivity index (χ0n) is 9.90. The van der Waals surface area contributed by atoms with Gasteiger partial charge in [-0.05, 0) is 13.3 Å². The molecule has 1 fully saturated rings. The summed E-state index contributed by atoms with van der Waals surface area (Å²) in [5.74, 6) is 0.506. The van der Waals surface area contributed by atoms with Crippen LogP contribution >= 0.6 is 0 Å². The Morgan fingerprint density at radius 2 is 2.35 bits per heavy atom. The van der Waals surface area contributed by atoms with Crippen molar-refractivity contribution >= 4 is 11.8 Å². The van der Waals surface area contributed by atoms with Crippen molar-refractivity contribution in [2.45, 2.75) is 32.9 Å². The Morgan fingerprint density at radius 3 is 2.94 bits per heavy atom. The van der Waals surface area contributed by atoms with E-state index in [1.165, 1.54) is 0 Å². The molecule has 1 N–H and O–H groups in total. The summed E-state index contributed by atoms with van der Waals surface area (Å²) in [5, 5.41) is 6.42. The first-order valence-corrected chi connectivity index (χ1v) is 5.61. The van der Waals surface area contributed by atoms with E-state index in [0.29, 0.717) is 24.4 Å². The fourth-order valence-electron chi connectivity index (χ4n) is 1.97. The van der Waals surface area contributed by atoms with Crippen molar-refractivity contribution in [1.29, 1.82) is 0 Å². The van der Waals surface area contributed by atoms with E-state index in [0.717, 1.165) is 0 Å². The molecule has 1 saturated heterocycles. The number of amides is 2. The van der Waals surface area contributed by atoms with Crippen molar-refractivity contribution < 1.29 is 14.1 Å². The van der Waals surface area contributed by atoms with E-state index in [1.54, 1.807) is 17.9 Å². The predicted molar refractivity (Wildman–Crippen MR) is 58.9 cm³/mol. The third-order valence-electron chi connectivity index (χ3n) is 2.81. The van der Waals surface area contributed by atoms with E-state index in [1.807, 2.05) is 6.92 Å². The summed E-state index contributed by atoms with van der Waals surface area (Å²) in [4.78, 5) is 25.0. The summed E-state index contributed by atoms with van der Waals surface area (Å²) in [7, 11) is 0. The molecule has 0 aromatic carbocycles. The third kappa shape index (κ3) is 2.30. The number of carbonyl (C=O) groups is 2. The van der Waals surface area contributed by atoms with Gasteiger partial charge in [0.05, 0.1) is 13.1 Å². The van der Waals surface area contributed by atoms with Crippen LogP contribution in [0.15, 0.2) is 10.6 Å². The van der Waals surface area contributed by atoms with E-state index in [-0.39, 0.29) is 18.4 Å². The Labute approximate surface area is 98.9 Å². The first-order valence-electron chi connectivity index (χ1n) is 5.61. The lowest BCUT2D eigenvalue weighted by Gasteiger charge is -2.33. The average molecular weight is 237 g/mol. The fraction of sp³-hybridized carbons (Fsp3) is 0.545. The van der Waals surface area contributed by atoms with Gasteiger partial charge in [0.15, 0.2) is 0 Å². The van der Waals surface area contributed by atoms with Crippen molar-refractivity contribution in [1.82, 2.24) is 15.4 Å². The molecule has 0 bridgehead atoms. The lowest BCUT2D eigenvalue weighted by Crippen LogP contribution is -2.57. The van der Waals surface area contributed by atoms with Crippen LogP contribution in [0.25, 0.3) is 0 Å². The molecular formula is C11H15N3O3. The molecule has 1 atom stereocenters. The first-order chi connectivity index (χ1) is 8.11. The summed E-state index contributed by atoms with van der Waals surface area (Å²) in [6.07, 6.45) is 0.592. The maximum Gasteiger partial charge on any atom is 0.243 e. The van der Waals surface area contributed by atoms with Gasteiger partial charge in [0.2, 0.25) is 11.8 Å². The molecule has 17 heavy (non-hydrogen) atoms. The van der Waals surface area contributed by atoms with Crippen LogP contribution in [-0.4, -0.2) is 34.5 Å². The Hall–Kier alpha value is -1.85. The van der Waals surface area contributed by atoms with Crippen LogP contribution in [0.1, 0.15) is 24.8 Å². The Balaban J connectivity index is 2.15. The molecule has 0 spiro atoms. The molecule has 0 aliphatic carbocycles. The number of carbonyl (C=O) groups excluding carboxylic acids is 2. The molecule has 92 valence electrons. The summed E-state index contributed by atoms with van der Waals surface area (Å²) in [5.41, 5.74) is 0.670. The number of aryl methyl sites for hydroxylation is 1. The summed E-state index contributed by atoms with van der Waals surface area (Å²) < 4.78 is 4.95. The number of hydrogen-bond acceptors (Lipinski definition) is 4. The Morgan fingerprint density at radius 1 is 1.59 bits per heavy atom. The smallest absolute Gasteiger partial charge is 0.243 e. The van der Waals surface area contributed by atoms with E-state index >= 15 is 0 Å². The SMILES string of the molecule is CCC1C(=O)NCC(=O)N1Cc1cc(C)on1. The fourth-order valence-corrected chi connectivity index (χ4v) is 1.97. The Bertz CT molecular complexity index is 441. The number of nitrogens with one attached hydrogen (secondary N) is 1. The molecule has 1 aromatic rings. The first kappa shape index (κ1) is 11.6. The highest BCUT2D eigenvalue weighted by Gasteiger charge is 2.33.